The van der Waals surface area contributed by atoms with E-state index in [1.54, 1.807) is 0 Å². The molecule has 19 heteroatoms. The van der Waals surface area contributed by atoms with E-state index in [1.807, 2.05) is 0 Å². The van der Waals surface area contributed by atoms with Crippen LogP contribution in [0.4, 0.5) is 0 Å². The number of aliphatic hydroxyl groups excluding tert-OH is 1. The number of esters is 4. The SMILES string of the molecule is CCCCCC/C=C\C=C/CCCCCCCC(=O)OC[C@H](COP(=O)(O)OC[C@@H](O)COP(=O)(O)OC[C@@H](COC(=O)CCCCCCCCCCCC)OC(=O)CCCCCCCCCCCCCCCC)OC(=O)CCCCCCCCCCCCCCCCCCCCC(C)C. The molecule has 100 heavy (non-hydrogen) atoms. The molecule has 0 aliphatic heterocycles. The van der Waals surface area contributed by atoms with Gasteiger partial charge in [0.1, 0.15) is 19.3 Å². The summed E-state index contributed by atoms with van der Waals surface area (Å²) in [6, 6.07) is 0. The number of hydrogen-bond donors (Lipinski definition) is 3. The molecule has 0 aliphatic carbocycles. The minimum atomic E-state index is -4.97. The maximum absolute atomic E-state index is 13.1. The van der Waals surface area contributed by atoms with Crippen molar-refractivity contribution in [1.82, 2.24) is 0 Å². The summed E-state index contributed by atoms with van der Waals surface area (Å²) in [5.74, 6) is -1.32. The van der Waals surface area contributed by atoms with Crippen LogP contribution in [0.15, 0.2) is 24.3 Å². The van der Waals surface area contributed by atoms with Crippen LogP contribution in [0, 0.1) is 5.92 Å². The molecule has 0 bridgehead atoms. The quantitative estimate of drug-likeness (QED) is 0.0169. The highest BCUT2D eigenvalue weighted by Crippen LogP contribution is 2.45. The molecule has 0 rings (SSSR count). The predicted molar refractivity (Wildman–Crippen MR) is 409 cm³/mol. The van der Waals surface area contributed by atoms with Crippen LogP contribution in [0.1, 0.15) is 407 Å². The maximum atomic E-state index is 13.1. The van der Waals surface area contributed by atoms with E-state index in [2.05, 4.69) is 58.9 Å². The topological polar surface area (TPSA) is 237 Å². The molecule has 0 aromatic carbocycles. The Balaban J connectivity index is 5.25. The Kier molecular flexibility index (Phi) is 71.6. The highest BCUT2D eigenvalue weighted by molar-refractivity contribution is 7.47. The lowest BCUT2D eigenvalue weighted by atomic mass is 10.0. The minimum absolute atomic E-state index is 0.102. The van der Waals surface area contributed by atoms with Crippen molar-refractivity contribution in [2.75, 3.05) is 39.6 Å². The van der Waals surface area contributed by atoms with Gasteiger partial charge in [-0.1, -0.05) is 354 Å². The Labute approximate surface area is 612 Å². The van der Waals surface area contributed by atoms with Crippen LogP contribution in [-0.2, 0) is 65.4 Å². The van der Waals surface area contributed by atoms with Crippen molar-refractivity contribution >= 4 is 39.5 Å². The molecular formula is C81H154O17P2. The van der Waals surface area contributed by atoms with Crippen LogP contribution in [0.2, 0.25) is 0 Å². The lowest BCUT2D eigenvalue weighted by Crippen LogP contribution is -2.30. The number of phosphoric ester groups is 2. The van der Waals surface area contributed by atoms with Crippen LogP contribution in [-0.4, -0.2) is 96.7 Å². The second-order valence-corrected chi connectivity index (χ2v) is 31.9. The van der Waals surface area contributed by atoms with Gasteiger partial charge in [-0.3, -0.25) is 37.3 Å². The number of allylic oxidation sites excluding steroid dienone is 4. The molecule has 5 atom stereocenters. The fraction of sp³-hybridized carbons (Fsp3) is 0.901. The van der Waals surface area contributed by atoms with Gasteiger partial charge in [-0.15, -0.1) is 0 Å². The van der Waals surface area contributed by atoms with Gasteiger partial charge < -0.3 is 33.8 Å². The van der Waals surface area contributed by atoms with Gasteiger partial charge in [0.2, 0.25) is 0 Å². The molecule has 17 nitrogen and oxygen atoms in total. The van der Waals surface area contributed by atoms with Gasteiger partial charge in [-0.2, -0.15) is 0 Å². The molecule has 3 N–H and O–H groups in total. The molecule has 0 amide bonds. The highest BCUT2D eigenvalue weighted by Gasteiger charge is 2.30. The number of aliphatic hydroxyl groups is 1. The Morgan fingerprint density at radius 3 is 0.820 bits per heavy atom. The lowest BCUT2D eigenvalue weighted by Gasteiger charge is -2.21. The van der Waals surface area contributed by atoms with Crippen LogP contribution in [0.5, 0.6) is 0 Å². The first-order chi connectivity index (χ1) is 48.5. The van der Waals surface area contributed by atoms with Crippen molar-refractivity contribution in [2.45, 2.75) is 425 Å². The molecule has 0 spiro atoms. The smallest absolute Gasteiger partial charge is 0.462 e. The van der Waals surface area contributed by atoms with E-state index in [9.17, 15) is 43.2 Å². The van der Waals surface area contributed by atoms with Crippen molar-refractivity contribution in [3.05, 3.63) is 24.3 Å². The Bertz CT molecular complexity index is 2000. The lowest BCUT2D eigenvalue weighted by molar-refractivity contribution is -0.161. The average molecular weight is 1460 g/mol. The average Bonchev–Trinajstić information content (AvgIpc) is 0.943. The summed E-state index contributed by atoms with van der Waals surface area (Å²) in [5.41, 5.74) is 0. The van der Waals surface area contributed by atoms with Crippen LogP contribution in [0.3, 0.4) is 0 Å². The summed E-state index contributed by atoms with van der Waals surface area (Å²) in [6.07, 6.45) is 67.3. The zero-order chi connectivity index (χ0) is 73.4. The van der Waals surface area contributed by atoms with Crippen LogP contribution < -0.4 is 0 Å². The summed E-state index contributed by atoms with van der Waals surface area (Å²) in [4.78, 5) is 73.0. The van der Waals surface area contributed by atoms with E-state index in [-0.39, 0.29) is 25.7 Å². The van der Waals surface area contributed by atoms with E-state index in [0.29, 0.717) is 25.7 Å². The van der Waals surface area contributed by atoms with Crippen LogP contribution >= 0.6 is 15.6 Å². The Morgan fingerprint density at radius 1 is 0.310 bits per heavy atom. The zero-order valence-corrected chi connectivity index (χ0v) is 66.6. The third-order valence-electron chi connectivity index (χ3n) is 18.4. The molecule has 0 saturated carbocycles. The van der Waals surface area contributed by atoms with Gasteiger partial charge in [0.15, 0.2) is 12.2 Å². The first-order valence-electron chi connectivity index (χ1n) is 41.5. The van der Waals surface area contributed by atoms with Gasteiger partial charge in [0.25, 0.3) is 0 Å². The number of carbonyl (C=O) groups is 4. The molecule has 2 unspecified atom stereocenters. The summed E-state index contributed by atoms with van der Waals surface area (Å²) in [6.45, 7) is 7.29. The summed E-state index contributed by atoms with van der Waals surface area (Å²) in [7, 11) is -9.93. The van der Waals surface area contributed by atoms with Crippen molar-refractivity contribution in [2.24, 2.45) is 5.92 Å². The number of carbonyl (C=O) groups excluding carboxylic acids is 4. The van der Waals surface area contributed by atoms with Crippen molar-refractivity contribution in [3.63, 3.8) is 0 Å². The number of phosphoric acid groups is 2. The van der Waals surface area contributed by atoms with Crippen molar-refractivity contribution < 1.29 is 80.2 Å². The monoisotopic (exact) mass is 1460 g/mol. The Morgan fingerprint density at radius 2 is 0.540 bits per heavy atom. The minimum Gasteiger partial charge on any atom is -0.462 e. The highest BCUT2D eigenvalue weighted by atomic mass is 31.2. The molecule has 0 fully saturated rings. The first-order valence-corrected chi connectivity index (χ1v) is 44.4. The van der Waals surface area contributed by atoms with E-state index < -0.39 is 97.5 Å². The molecule has 0 aromatic rings. The normalized spacial score (nSPS) is 14.0. The molecule has 0 aromatic heterocycles. The second-order valence-electron chi connectivity index (χ2n) is 29.0. The molecule has 0 radical (unpaired) electrons. The Hall–Kier alpha value is -2.46. The van der Waals surface area contributed by atoms with E-state index in [1.165, 1.54) is 212 Å². The third-order valence-corrected chi connectivity index (χ3v) is 20.3. The predicted octanol–water partition coefficient (Wildman–Crippen LogP) is 24.0. The number of ether oxygens (including phenoxy) is 4. The maximum Gasteiger partial charge on any atom is 0.472 e. The standard InChI is InChI=1S/C81H154O17P2/c1-6-9-12-15-18-21-24-26-32-37-40-45-50-55-60-65-79(84)92-71-77(98-81(86)67-62-57-52-47-42-38-34-31-29-28-30-33-35-39-43-48-53-58-63-74(4)5)73-96-100(89,90)94-69-75(82)68-93-99(87,88)95-72-76(70-91-78(83)64-59-54-49-44-23-20-17-14-11-8-3)97-80(85)66-61-56-51-46-41-36-27-25-22-19-16-13-10-7-2/h21,24,26,32,74-77,82H,6-20,22-23,25,27-31,33-73H2,1-5H3,(H,87,88)(H,89,90)/b24-21-,32-26-/t75-,76+,77+/m0/s1. The number of hydrogen-bond acceptors (Lipinski definition) is 15. The van der Waals surface area contributed by atoms with Crippen molar-refractivity contribution in [1.29, 1.82) is 0 Å². The fourth-order valence-corrected chi connectivity index (χ4v) is 13.6. The number of unbranched alkanes of at least 4 members (excludes halogenated alkanes) is 48. The van der Waals surface area contributed by atoms with Crippen LogP contribution in [0.25, 0.3) is 0 Å². The van der Waals surface area contributed by atoms with E-state index in [0.717, 1.165) is 115 Å². The van der Waals surface area contributed by atoms with Crippen molar-refractivity contribution in [3.8, 4) is 0 Å². The van der Waals surface area contributed by atoms with Gasteiger partial charge in [-0.05, 0) is 57.3 Å². The van der Waals surface area contributed by atoms with Gasteiger partial charge in [0.05, 0.1) is 26.4 Å². The van der Waals surface area contributed by atoms with E-state index >= 15 is 0 Å². The second kappa shape index (κ2) is 73.4. The van der Waals surface area contributed by atoms with E-state index in [4.69, 9.17) is 37.0 Å². The molecule has 590 valence electrons. The van der Waals surface area contributed by atoms with Gasteiger partial charge in [0, 0.05) is 25.7 Å². The molecule has 0 aliphatic rings. The third kappa shape index (κ3) is 73.8. The number of rotatable bonds is 79. The first kappa shape index (κ1) is 97.5. The molecular weight excluding hydrogens is 1310 g/mol. The summed E-state index contributed by atoms with van der Waals surface area (Å²) < 4.78 is 68.6. The van der Waals surface area contributed by atoms with Gasteiger partial charge in [-0.25, -0.2) is 9.13 Å². The van der Waals surface area contributed by atoms with Gasteiger partial charge >= 0.3 is 39.5 Å². The zero-order valence-electron chi connectivity index (χ0n) is 64.8. The summed E-state index contributed by atoms with van der Waals surface area (Å²) >= 11 is 0. The molecule has 0 saturated heterocycles. The largest absolute Gasteiger partial charge is 0.472 e. The fourth-order valence-electron chi connectivity index (χ4n) is 12.0. The molecule has 0 heterocycles. The summed E-state index contributed by atoms with van der Waals surface area (Å²) in [5, 5.41) is 10.6.